The van der Waals surface area contributed by atoms with Crippen molar-refractivity contribution in [3.63, 3.8) is 0 Å². The van der Waals surface area contributed by atoms with Crippen LogP contribution in [0.1, 0.15) is 22.3 Å². The zero-order chi connectivity index (χ0) is 25.5. The summed E-state index contributed by atoms with van der Waals surface area (Å²) in [5.74, 6) is -1.32. The molecule has 1 saturated heterocycles. The van der Waals surface area contributed by atoms with Crippen LogP contribution in [0.5, 0.6) is 0 Å². The van der Waals surface area contributed by atoms with Crippen LogP contribution in [-0.4, -0.2) is 64.6 Å². The number of aliphatic carboxylic acids is 1. The van der Waals surface area contributed by atoms with Gasteiger partial charge < -0.3 is 19.6 Å². The van der Waals surface area contributed by atoms with Crippen LogP contribution in [0.4, 0.5) is 11.4 Å². The molecule has 1 aliphatic heterocycles. The summed E-state index contributed by atoms with van der Waals surface area (Å²) in [4.78, 5) is 43.1. The summed E-state index contributed by atoms with van der Waals surface area (Å²) in [6.45, 7) is 2.45. The Bertz CT molecular complexity index is 1240. The summed E-state index contributed by atoms with van der Waals surface area (Å²) in [6.07, 6.45) is 2.81. The molecular weight excluding hydrogens is 464 g/mol. The van der Waals surface area contributed by atoms with Crippen molar-refractivity contribution in [2.24, 2.45) is 0 Å². The molecule has 1 aromatic heterocycles. The van der Waals surface area contributed by atoms with Gasteiger partial charge in [-0.1, -0.05) is 24.3 Å². The average molecular weight is 491 g/mol. The van der Waals surface area contributed by atoms with Gasteiger partial charge in [0.2, 0.25) is 0 Å². The van der Waals surface area contributed by atoms with Crippen molar-refractivity contribution in [3.05, 3.63) is 88.2 Å². The minimum absolute atomic E-state index is 0.0228. The summed E-state index contributed by atoms with van der Waals surface area (Å²) in [5.41, 5.74) is 3.16. The third-order valence-electron chi connectivity index (χ3n) is 5.95. The van der Waals surface area contributed by atoms with Crippen molar-refractivity contribution in [2.75, 3.05) is 37.7 Å². The topological polar surface area (TPSA) is 126 Å². The number of benzene rings is 2. The zero-order valence-electron chi connectivity index (χ0n) is 19.6. The van der Waals surface area contributed by atoms with Crippen LogP contribution in [-0.2, 0) is 16.1 Å². The van der Waals surface area contributed by atoms with E-state index in [-0.39, 0.29) is 36.0 Å². The number of nitro benzene ring substituents is 1. The molecule has 0 bridgehead atoms. The fraction of sp³-hybridized carbons (Fsp3) is 0.269. The number of ether oxygens (including phenoxy) is 1. The lowest BCUT2D eigenvalue weighted by atomic mass is 10.0. The van der Waals surface area contributed by atoms with Crippen molar-refractivity contribution >= 4 is 23.3 Å². The summed E-state index contributed by atoms with van der Waals surface area (Å²) >= 11 is 0. The number of carboxylic acids is 1. The fourth-order valence-corrected chi connectivity index (χ4v) is 4.15. The van der Waals surface area contributed by atoms with Crippen LogP contribution in [0.15, 0.2) is 67.0 Å². The van der Waals surface area contributed by atoms with Gasteiger partial charge in [-0.2, -0.15) is 0 Å². The monoisotopic (exact) mass is 490 g/mol. The Balaban J connectivity index is 1.60. The van der Waals surface area contributed by atoms with Gasteiger partial charge in [0.15, 0.2) is 0 Å². The maximum atomic E-state index is 13.0. The molecule has 0 atom stereocenters. The van der Waals surface area contributed by atoms with Crippen LogP contribution in [0.2, 0.25) is 0 Å². The molecule has 1 amide bonds. The minimum Gasteiger partial charge on any atom is -0.481 e. The SMILES string of the molecule is O=C(O)CCN(Cc1cccc(-c2ccc(N3CCOCC3)c([N+](=O)[O-])c2)c1)C(=O)c1cccnc1. The quantitative estimate of drug-likeness (QED) is 0.356. The molecule has 4 rings (SSSR count). The molecule has 2 aromatic carbocycles. The molecule has 0 unspecified atom stereocenters. The first kappa shape index (κ1) is 24.8. The number of morpholine rings is 1. The third-order valence-corrected chi connectivity index (χ3v) is 5.95. The number of nitro groups is 1. The maximum absolute atomic E-state index is 13.0. The van der Waals surface area contributed by atoms with Gasteiger partial charge in [-0.15, -0.1) is 0 Å². The van der Waals surface area contributed by atoms with E-state index in [1.807, 2.05) is 35.2 Å². The van der Waals surface area contributed by atoms with Crippen molar-refractivity contribution in [1.82, 2.24) is 9.88 Å². The molecule has 1 aliphatic rings. The molecule has 2 heterocycles. The molecule has 1 N–H and O–H groups in total. The number of pyridine rings is 1. The van der Waals surface area contributed by atoms with Crippen LogP contribution in [0, 0.1) is 10.1 Å². The lowest BCUT2D eigenvalue weighted by Crippen LogP contribution is -2.36. The van der Waals surface area contributed by atoms with Gasteiger partial charge in [0, 0.05) is 44.6 Å². The Labute approximate surface area is 207 Å². The Morgan fingerprint density at radius 3 is 2.56 bits per heavy atom. The van der Waals surface area contributed by atoms with Crippen LogP contribution >= 0.6 is 0 Å². The Morgan fingerprint density at radius 1 is 1.08 bits per heavy atom. The van der Waals surface area contributed by atoms with E-state index in [4.69, 9.17) is 9.84 Å². The summed E-state index contributed by atoms with van der Waals surface area (Å²) in [6, 6.07) is 15.8. The number of hydrogen-bond acceptors (Lipinski definition) is 7. The van der Waals surface area contributed by atoms with Crippen LogP contribution in [0.3, 0.4) is 0 Å². The molecule has 0 saturated carbocycles. The first-order chi connectivity index (χ1) is 17.4. The third kappa shape index (κ3) is 6.02. The lowest BCUT2D eigenvalue weighted by molar-refractivity contribution is -0.384. The smallest absolute Gasteiger partial charge is 0.305 e. The fourth-order valence-electron chi connectivity index (χ4n) is 4.15. The molecule has 10 heteroatoms. The number of rotatable bonds is 9. The molecule has 36 heavy (non-hydrogen) atoms. The maximum Gasteiger partial charge on any atom is 0.305 e. The normalized spacial score (nSPS) is 13.3. The van der Waals surface area contributed by atoms with Gasteiger partial charge in [-0.3, -0.25) is 24.7 Å². The van der Waals surface area contributed by atoms with Gasteiger partial charge in [0.05, 0.1) is 30.1 Å². The molecule has 10 nitrogen and oxygen atoms in total. The van der Waals surface area contributed by atoms with E-state index in [0.29, 0.717) is 43.1 Å². The van der Waals surface area contributed by atoms with Crippen molar-refractivity contribution in [3.8, 4) is 11.1 Å². The van der Waals surface area contributed by atoms with Gasteiger partial charge in [-0.25, -0.2) is 0 Å². The van der Waals surface area contributed by atoms with Crippen LogP contribution in [0.25, 0.3) is 11.1 Å². The van der Waals surface area contributed by atoms with E-state index < -0.39 is 5.97 Å². The van der Waals surface area contributed by atoms with Gasteiger partial charge in [-0.05, 0) is 41.0 Å². The van der Waals surface area contributed by atoms with Crippen molar-refractivity contribution < 1.29 is 24.4 Å². The number of aromatic nitrogens is 1. The molecule has 1 fully saturated rings. The summed E-state index contributed by atoms with van der Waals surface area (Å²) in [5, 5.41) is 21.0. The van der Waals surface area contributed by atoms with E-state index in [2.05, 4.69) is 4.98 Å². The molecule has 0 radical (unpaired) electrons. The number of hydrogen-bond donors (Lipinski definition) is 1. The second kappa shape index (κ2) is 11.4. The second-order valence-electron chi connectivity index (χ2n) is 8.37. The first-order valence-corrected chi connectivity index (χ1v) is 11.5. The predicted octanol–water partition coefficient (Wildman–Crippen LogP) is 3.61. The number of anilines is 1. The number of carboxylic acid groups (broad SMARTS) is 1. The highest BCUT2D eigenvalue weighted by Gasteiger charge is 2.23. The van der Waals surface area contributed by atoms with E-state index in [1.54, 1.807) is 30.5 Å². The largest absolute Gasteiger partial charge is 0.481 e. The minimum atomic E-state index is -1.000. The summed E-state index contributed by atoms with van der Waals surface area (Å²) < 4.78 is 5.36. The van der Waals surface area contributed by atoms with Gasteiger partial charge >= 0.3 is 5.97 Å². The van der Waals surface area contributed by atoms with Crippen LogP contribution < -0.4 is 4.90 Å². The number of amides is 1. The Morgan fingerprint density at radius 2 is 1.86 bits per heavy atom. The van der Waals surface area contributed by atoms with Gasteiger partial charge in [0.1, 0.15) is 5.69 Å². The van der Waals surface area contributed by atoms with E-state index in [0.717, 1.165) is 11.1 Å². The highest BCUT2D eigenvalue weighted by atomic mass is 16.6. The molecular formula is C26H26N4O6. The first-order valence-electron chi connectivity index (χ1n) is 11.5. The predicted molar refractivity (Wildman–Crippen MR) is 133 cm³/mol. The molecule has 186 valence electrons. The number of carbonyl (C=O) groups excluding carboxylic acids is 1. The van der Waals surface area contributed by atoms with E-state index in [9.17, 15) is 19.7 Å². The second-order valence-corrected chi connectivity index (χ2v) is 8.37. The zero-order valence-corrected chi connectivity index (χ0v) is 19.6. The van der Waals surface area contributed by atoms with Crippen molar-refractivity contribution in [1.29, 1.82) is 0 Å². The lowest BCUT2D eigenvalue weighted by Gasteiger charge is -2.28. The average Bonchev–Trinajstić information content (AvgIpc) is 2.91. The van der Waals surface area contributed by atoms with E-state index >= 15 is 0 Å². The standard InChI is InChI=1S/C26H26N4O6/c31-25(32)8-10-29(26(33)22-5-2-9-27-17-22)18-19-3-1-4-20(15-19)21-6-7-23(24(16-21)30(34)35)28-11-13-36-14-12-28/h1-7,9,15-17H,8,10-14,18H2,(H,31,32). The Kier molecular flexibility index (Phi) is 7.86. The molecule has 0 spiro atoms. The number of nitrogens with zero attached hydrogens (tertiary/aromatic N) is 4. The Hall–Kier alpha value is -4.31. The number of carbonyl (C=O) groups is 2. The highest BCUT2D eigenvalue weighted by molar-refractivity contribution is 5.94. The van der Waals surface area contributed by atoms with Crippen molar-refractivity contribution in [2.45, 2.75) is 13.0 Å². The highest BCUT2D eigenvalue weighted by Crippen LogP contribution is 2.34. The molecule has 0 aliphatic carbocycles. The molecule has 3 aromatic rings. The van der Waals surface area contributed by atoms with Gasteiger partial charge in [0.25, 0.3) is 11.6 Å². The summed E-state index contributed by atoms with van der Waals surface area (Å²) in [7, 11) is 0. The van der Waals surface area contributed by atoms with E-state index in [1.165, 1.54) is 11.1 Å².